The molecule has 0 aromatic rings. The number of rotatable bonds is 2. The highest BCUT2D eigenvalue weighted by atomic mass is 35.5. The molecular formula is C8H10Cl2O2. The molecule has 0 fully saturated rings. The first kappa shape index (κ1) is 9.87. The van der Waals surface area contributed by atoms with Gasteiger partial charge >= 0.3 is 5.97 Å². The predicted molar refractivity (Wildman–Crippen MR) is 48.6 cm³/mol. The summed E-state index contributed by atoms with van der Waals surface area (Å²) in [6.07, 6.45) is 3.50. The zero-order chi connectivity index (χ0) is 9.14. The number of carbonyl (C=O) groups is 1. The van der Waals surface area contributed by atoms with Gasteiger partial charge in [0.05, 0.1) is 11.8 Å². The van der Waals surface area contributed by atoms with Crippen molar-refractivity contribution in [3.8, 4) is 0 Å². The molecule has 0 heterocycles. The highest BCUT2D eigenvalue weighted by Crippen LogP contribution is 2.30. The van der Waals surface area contributed by atoms with E-state index in [4.69, 9.17) is 28.3 Å². The van der Waals surface area contributed by atoms with Crippen molar-refractivity contribution >= 4 is 29.2 Å². The summed E-state index contributed by atoms with van der Waals surface area (Å²) in [7, 11) is 0. The van der Waals surface area contributed by atoms with Crippen molar-refractivity contribution in [1.29, 1.82) is 0 Å². The summed E-state index contributed by atoms with van der Waals surface area (Å²) in [6, 6.07) is 0. The van der Waals surface area contributed by atoms with Crippen molar-refractivity contribution in [3.05, 3.63) is 11.1 Å². The van der Waals surface area contributed by atoms with Gasteiger partial charge in [-0.05, 0) is 18.8 Å². The molecule has 1 aliphatic carbocycles. The molecule has 0 aliphatic heterocycles. The number of hydrogen-bond acceptors (Lipinski definition) is 1. The van der Waals surface area contributed by atoms with Crippen LogP contribution >= 0.6 is 23.2 Å². The largest absolute Gasteiger partial charge is 0.481 e. The standard InChI is InChI=1S/C8H10Cl2O2/c9-6-2-1-5(3-7(6)10)4-8(11)12/h3,5-6H,1-2,4H2,(H,11,12)/t5-,6-/m1/s1. The maximum absolute atomic E-state index is 10.4. The van der Waals surface area contributed by atoms with Crippen molar-refractivity contribution < 1.29 is 9.90 Å². The lowest BCUT2D eigenvalue weighted by Crippen LogP contribution is -2.14. The van der Waals surface area contributed by atoms with Crippen LogP contribution in [-0.2, 0) is 4.79 Å². The Kier molecular flexibility index (Phi) is 3.41. The van der Waals surface area contributed by atoms with E-state index in [1.807, 2.05) is 0 Å². The van der Waals surface area contributed by atoms with Crippen LogP contribution in [0.4, 0.5) is 0 Å². The van der Waals surface area contributed by atoms with Gasteiger partial charge in [-0.1, -0.05) is 17.7 Å². The first-order valence-corrected chi connectivity index (χ1v) is 4.64. The van der Waals surface area contributed by atoms with Crippen LogP contribution in [0.1, 0.15) is 19.3 Å². The lowest BCUT2D eigenvalue weighted by atomic mass is 9.93. The minimum absolute atomic E-state index is 0.0602. The van der Waals surface area contributed by atoms with Gasteiger partial charge in [0.25, 0.3) is 0 Å². The lowest BCUT2D eigenvalue weighted by Gasteiger charge is -2.20. The monoisotopic (exact) mass is 208 g/mol. The molecular weight excluding hydrogens is 199 g/mol. The van der Waals surface area contributed by atoms with E-state index < -0.39 is 5.97 Å². The average molecular weight is 209 g/mol. The van der Waals surface area contributed by atoms with Crippen LogP contribution in [0.5, 0.6) is 0 Å². The molecule has 0 spiro atoms. The van der Waals surface area contributed by atoms with Crippen LogP contribution in [-0.4, -0.2) is 16.5 Å². The zero-order valence-electron chi connectivity index (χ0n) is 6.46. The van der Waals surface area contributed by atoms with E-state index in [1.165, 1.54) is 0 Å². The highest BCUT2D eigenvalue weighted by Gasteiger charge is 2.21. The minimum atomic E-state index is -0.784. The van der Waals surface area contributed by atoms with Crippen molar-refractivity contribution in [2.75, 3.05) is 0 Å². The third kappa shape index (κ3) is 2.68. The first-order chi connectivity index (χ1) is 5.59. The van der Waals surface area contributed by atoms with E-state index in [0.29, 0.717) is 5.03 Å². The number of aliphatic carboxylic acids is 1. The van der Waals surface area contributed by atoms with Crippen LogP contribution in [0.25, 0.3) is 0 Å². The fourth-order valence-electron chi connectivity index (χ4n) is 1.30. The Hall–Kier alpha value is -0.210. The Labute approximate surface area is 81.2 Å². The predicted octanol–water partition coefficient (Wildman–Crippen LogP) is 2.60. The number of carboxylic acids is 1. The van der Waals surface area contributed by atoms with Crippen molar-refractivity contribution in [3.63, 3.8) is 0 Å². The van der Waals surface area contributed by atoms with Gasteiger partial charge in [-0.3, -0.25) is 4.79 Å². The Morgan fingerprint density at radius 1 is 1.67 bits per heavy atom. The number of alkyl halides is 1. The SMILES string of the molecule is O=C(O)C[C@H]1C=C(Cl)[C@H](Cl)CC1. The van der Waals surface area contributed by atoms with Crippen LogP contribution in [0, 0.1) is 5.92 Å². The third-order valence-corrected chi connectivity index (χ3v) is 2.88. The Bertz CT molecular complexity index is 213. The van der Waals surface area contributed by atoms with Crippen LogP contribution < -0.4 is 0 Å². The lowest BCUT2D eigenvalue weighted by molar-refractivity contribution is -0.137. The first-order valence-electron chi connectivity index (χ1n) is 3.82. The van der Waals surface area contributed by atoms with Gasteiger partial charge in [-0.2, -0.15) is 0 Å². The van der Waals surface area contributed by atoms with Crippen molar-refractivity contribution in [2.45, 2.75) is 24.6 Å². The molecule has 1 aliphatic rings. The summed E-state index contributed by atoms with van der Waals surface area (Å²) >= 11 is 11.6. The van der Waals surface area contributed by atoms with Crippen LogP contribution in [0.2, 0.25) is 0 Å². The maximum Gasteiger partial charge on any atom is 0.303 e. The molecule has 0 saturated carbocycles. The normalized spacial score (nSPS) is 29.7. The van der Waals surface area contributed by atoms with Crippen molar-refractivity contribution in [1.82, 2.24) is 0 Å². The van der Waals surface area contributed by atoms with Crippen LogP contribution in [0.3, 0.4) is 0 Å². The van der Waals surface area contributed by atoms with Crippen molar-refractivity contribution in [2.24, 2.45) is 5.92 Å². The molecule has 0 aromatic carbocycles. The summed E-state index contributed by atoms with van der Waals surface area (Å²) < 4.78 is 0. The van der Waals surface area contributed by atoms with Gasteiger partial charge in [-0.25, -0.2) is 0 Å². The van der Waals surface area contributed by atoms with Gasteiger partial charge < -0.3 is 5.11 Å². The number of carboxylic acid groups (broad SMARTS) is 1. The minimum Gasteiger partial charge on any atom is -0.481 e. The summed E-state index contributed by atoms with van der Waals surface area (Å²) in [5, 5.41) is 8.99. The molecule has 0 unspecified atom stereocenters. The van der Waals surface area contributed by atoms with Gasteiger partial charge in [0, 0.05) is 5.03 Å². The molecule has 0 saturated heterocycles. The quantitative estimate of drug-likeness (QED) is 0.709. The molecule has 0 bridgehead atoms. The second-order valence-corrected chi connectivity index (χ2v) is 3.92. The molecule has 1 N–H and O–H groups in total. The molecule has 2 atom stereocenters. The molecule has 0 aromatic heterocycles. The summed E-state index contributed by atoms with van der Waals surface area (Å²) in [4.78, 5) is 10.4. The molecule has 12 heavy (non-hydrogen) atoms. The second kappa shape index (κ2) is 4.15. The Morgan fingerprint density at radius 3 is 2.83 bits per heavy atom. The molecule has 0 radical (unpaired) electrons. The molecule has 0 amide bonds. The van der Waals surface area contributed by atoms with Gasteiger partial charge in [0.15, 0.2) is 0 Å². The van der Waals surface area contributed by atoms with E-state index in [1.54, 1.807) is 6.08 Å². The molecule has 1 rings (SSSR count). The Balaban J connectivity index is 2.54. The number of hydrogen-bond donors (Lipinski definition) is 1. The zero-order valence-corrected chi connectivity index (χ0v) is 7.98. The molecule has 4 heteroatoms. The maximum atomic E-state index is 10.4. The second-order valence-electron chi connectivity index (χ2n) is 2.95. The summed E-state index contributed by atoms with van der Waals surface area (Å²) in [5.74, 6) is -0.723. The van der Waals surface area contributed by atoms with E-state index in [2.05, 4.69) is 0 Å². The topological polar surface area (TPSA) is 37.3 Å². The molecule has 2 nitrogen and oxygen atoms in total. The van der Waals surface area contributed by atoms with E-state index >= 15 is 0 Å². The fourth-order valence-corrected chi connectivity index (χ4v) is 1.78. The summed E-state index contributed by atoms with van der Waals surface area (Å²) in [6.45, 7) is 0. The van der Waals surface area contributed by atoms with E-state index in [0.717, 1.165) is 12.8 Å². The van der Waals surface area contributed by atoms with Gasteiger partial charge in [0.2, 0.25) is 0 Å². The van der Waals surface area contributed by atoms with E-state index in [-0.39, 0.29) is 17.7 Å². The van der Waals surface area contributed by atoms with Gasteiger partial charge in [0.1, 0.15) is 0 Å². The Morgan fingerprint density at radius 2 is 2.33 bits per heavy atom. The summed E-state index contributed by atoms with van der Waals surface area (Å²) in [5.41, 5.74) is 0. The highest BCUT2D eigenvalue weighted by molar-refractivity contribution is 6.37. The number of halogens is 2. The molecule has 68 valence electrons. The smallest absolute Gasteiger partial charge is 0.303 e. The average Bonchev–Trinajstić information content (AvgIpc) is 1.96. The van der Waals surface area contributed by atoms with E-state index in [9.17, 15) is 4.79 Å². The van der Waals surface area contributed by atoms with Crippen LogP contribution in [0.15, 0.2) is 11.1 Å². The fraction of sp³-hybridized carbons (Fsp3) is 0.625. The van der Waals surface area contributed by atoms with Gasteiger partial charge in [-0.15, -0.1) is 11.6 Å². The number of allylic oxidation sites excluding steroid dienone is 2. The third-order valence-electron chi connectivity index (χ3n) is 1.92.